The van der Waals surface area contributed by atoms with Crippen LogP contribution in [0.15, 0.2) is 12.3 Å². The minimum absolute atomic E-state index is 0.336. The van der Waals surface area contributed by atoms with Gasteiger partial charge >= 0.3 is 0 Å². The Morgan fingerprint density at radius 2 is 2.32 bits per heavy atom. The molecule has 1 unspecified atom stereocenters. The molecular weight excluding hydrogens is 280 g/mol. The van der Waals surface area contributed by atoms with E-state index in [9.17, 15) is 0 Å². The summed E-state index contributed by atoms with van der Waals surface area (Å²) in [6.07, 6.45) is 4.98. The molecule has 4 rings (SSSR count). The predicted molar refractivity (Wildman–Crippen MR) is 82.6 cm³/mol. The fraction of sp³-hybridized carbons (Fsp3) is 0.533. The van der Waals surface area contributed by atoms with Crippen molar-refractivity contribution < 1.29 is 4.74 Å². The maximum absolute atomic E-state index is 5.90. The molecule has 2 aromatic rings. The van der Waals surface area contributed by atoms with E-state index < -0.39 is 0 Å². The number of nitrogens with zero attached hydrogens (tertiary/aromatic N) is 4. The molecule has 0 amide bonds. The number of nitrogen functional groups attached to an aromatic ring is 1. The molecule has 116 valence electrons. The van der Waals surface area contributed by atoms with Crippen molar-refractivity contribution in [3.63, 3.8) is 0 Å². The number of fused-ring (bicyclic) bond motifs is 1. The van der Waals surface area contributed by atoms with E-state index >= 15 is 0 Å². The first-order valence-corrected chi connectivity index (χ1v) is 7.78. The minimum atomic E-state index is 0.336. The lowest BCUT2D eigenvalue weighted by Crippen LogP contribution is -2.36. The van der Waals surface area contributed by atoms with Crippen LogP contribution in [0.25, 0.3) is 0 Å². The Morgan fingerprint density at radius 1 is 1.36 bits per heavy atom. The summed E-state index contributed by atoms with van der Waals surface area (Å²) < 4.78 is 5.50. The largest absolute Gasteiger partial charge is 0.375 e. The number of rotatable bonds is 2. The van der Waals surface area contributed by atoms with Gasteiger partial charge in [-0.3, -0.25) is 5.10 Å². The molecule has 7 heteroatoms. The van der Waals surface area contributed by atoms with Gasteiger partial charge in [-0.05, 0) is 18.9 Å². The Hall–Kier alpha value is -2.15. The van der Waals surface area contributed by atoms with E-state index in [1.165, 1.54) is 17.7 Å². The number of hydrogen-bond acceptors (Lipinski definition) is 6. The normalized spacial score (nSPS) is 21.6. The molecule has 2 aromatic heterocycles. The average molecular weight is 300 g/mol. The standard InChI is InChI=1S/C15H20N6O/c16-15-18-13-9-22-7-4-11(13)14(19-15)21-6-1-2-10(8-21)12-3-5-17-20-12/h3,5,10H,1-2,4,6-9H2,(H,17,20)(H2,16,18,19). The fourth-order valence-electron chi connectivity index (χ4n) is 3.43. The van der Waals surface area contributed by atoms with Crippen LogP contribution in [-0.2, 0) is 17.8 Å². The van der Waals surface area contributed by atoms with Crippen LogP contribution in [-0.4, -0.2) is 39.9 Å². The lowest BCUT2D eigenvalue weighted by atomic mass is 9.94. The molecule has 0 spiro atoms. The number of aromatic amines is 1. The Labute approximate surface area is 128 Å². The van der Waals surface area contributed by atoms with Gasteiger partial charge in [0.15, 0.2) is 0 Å². The first kappa shape index (κ1) is 13.5. The maximum Gasteiger partial charge on any atom is 0.222 e. The SMILES string of the molecule is Nc1nc2c(c(N3CCCC(c4ccn[nH]4)C3)n1)CCOC2. The Bertz CT molecular complexity index is 656. The minimum Gasteiger partial charge on any atom is -0.375 e. The summed E-state index contributed by atoms with van der Waals surface area (Å²) in [5.74, 6) is 1.79. The van der Waals surface area contributed by atoms with Crippen LogP contribution in [0.5, 0.6) is 0 Å². The van der Waals surface area contributed by atoms with Crippen LogP contribution in [0.2, 0.25) is 0 Å². The molecule has 0 radical (unpaired) electrons. The highest BCUT2D eigenvalue weighted by Gasteiger charge is 2.27. The molecule has 0 saturated carbocycles. The van der Waals surface area contributed by atoms with E-state index in [0.717, 1.165) is 44.0 Å². The summed E-state index contributed by atoms with van der Waals surface area (Å²) in [7, 11) is 0. The van der Waals surface area contributed by atoms with Gasteiger partial charge in [0, 0.05) is 42.9 Å². The Morgan fingerprint density at radius 3 is 3.18 bits per heavy atom. The second-order valence-corrected chi connectivity index (χ2v) is 5.93. The van der Waals surface area contributed by atoms with E-state index in [0.29, 0.717) is 18.5 Å². The molecular formula is C15H20N6O. The van der Waals surface area contributed by atoms with E-state index in [-0.39, 0.29) is 0 Å². The number of hydrogen-bond donors (Lipinski definition) is 2. The molecule has 0 aromatic carbocycles. The van der Waals surface area contributed by atoms with Crippen LogP contribution in [0, 0.1) is 0 Å². The van der Waals surface area contributed by atoms with Crippen molar-refractivity contribution in [1.82, 2.24) is 20.2 Å². The molecule has 0 bridgehead atoms. The zero-order valence-electron chi connectivity index (χ0n) is 12.5. The van der Waals surface area contributed by atoms with Gasteiger partial charge < -0.3 is 15.4 Å². The first-order chi connectivity index (χ1) is 10.8. The molecule has 1 saturated heterocycles. The summed E-state index contributed by atoms with van der Waals surface area (Å²) in [5.41, 5.74) is 9.24. The zero-order valence-corrected chi connectivity index (χ0v) is 12.5. The van der Waals surface area contributed by atoms with Crippen LogP contribution in [0.4, 0.5) is 11.8 Å². The van der Waals surface area contributed by atoms with Crippen molar-refractivity contribution in [3.8, 4) is 0 Å². The Balaban J connectivity index is 1.65. The lowest BCUT2D eigenvalue weighted by Gasteiger charge is -2.35. The number of piperidine rings is 1. The first-order valence-electron chi connectivity index (χ1n) is 7.78. The molecule has 7 nitrogen and oxygen atoms in total. The third-order valence-corrected chi connectivity index (χ3v) is 4.51. The van der Waals surface area contributed by atoms with E-state index in [1.807, 2.05) is 6.20 Å². The number of anilines is 2. The number of aromatic nitrogens is 4. The topological polar surface area (TPSA) is 93.0 Å². The Kier molecular flexibility index (Phi) is 3.42. The van der Waals surface area contributed by atoms with Crippen LogP contribution >= 0.6 is 0 Å². The zero-order chi connectivity index (χ0) is 14.9. The van der Waals surface area contributed by atoms with Gasteiger partial charge in [-0.2, -0.15) is 10.1 Å². The number of ether oxygens (including phenoxy) is 1. The fourth-order valence-corrected chi connectivity index (χ4v) is 3.43. The quantitative estimate of drug-likeness (QED) is 0.867. The van der Waals surface area contributed by atoms with Gasteiger partial charge in [-0.15, -0.1) is 0 Å². The van der Waals surface area contributed by atoms with Gasteiger partial charge in [-0.25, -0.2) is 4.98 Å². The van der Waals surface area contributed by atoms with E-state index in [1.54, 1.807) is 0 Å². The van der Waals surface area contributed by atoms with Crippen LogP contribution in [0.1, 0.15) is 35.7 Å². The summed E-state index contributed by atoms with van der Waals surface area (Å²) >= 11 is 0. The van der Waals surface area contributed by atoms with E-state index in [4.69, 9.17) is 10.5 Å². The highest BCUT2D eigenvalue weighted by Crippen LogP contribution is 2.32. The molecule has 0 aliphatic carbocycles. The van der Waals surface area contributed by atoms with Gasteiger partial charge in [0.25, 0.3) is 0 Å². The molecule has 4 heterocycles. The number of nitrogens with one attached hydrogen (secondary N) is 1. The number of nitrogens with two attached hydrogens (primary N) is 1. The second kappa shape index (κ2) is 5.57. The monoisotopic (exact) mass is 300 g/mol. The van der Waals surface area contributed by atoms with Crippen LogP contribution < -0.4 is 10.6 Å². The van der Waals surface area contributed by atoms with Crippen molar-refractivity contribution >= 4 is 11.8 Å². The molecule has 1 atom stereocenters. The lowest BCUT2D eigenvalue weighted by molar-refractivity contribution is 0.107. The predicted octanol–water partition coefficient (Wildman–Crippen LogP) is 1.24. The highest BCUT2D eigenvalue weighted by molar-refractivity contribution is 5.53. The van der Waals surface area contributed by atoms with Crippen molar-refractivity contribution in [3.05, 3.63) is 29.2 Å². The molecule has 3 N–H and O–H groups in total. The third kappa shape index (κ3) is 2.41. The molecule has 22 heavy (non-hydrogen) atoms. The van der Waals surface area contributed by atoms with E-state index in [2.05, 4.69) is 31.1 Å². The van der Waals surface area contributed by atoms with Gasteiger partial charge in [0.1, 0.15) is 5.82 Å². The van der Waals surface area contributed by atoms with Crippen LogP contribution in [0.3, 0.4) is 0 Å². The number of H-pyrrole nitrogens is 1. The van der Waals surface area contributed by atoms with Crippen molar-refractivity contribution in [2.75, 3.05) is 30.3 Å². The third-order valence-electron chi connectivity index (χ3n) is 4.51. The average Bonchev–Trinajstić information content (AvgIpc) is 3.09. The van der Waals surface area contributed by atoms with Gasteiger partial charge in [0.2, 0.25) is 5.95 Å². The second-order valence-electron chi connectivity index (χ2n) is 5.93. The molecule has 1 fully saturated rings. The summed E-state index contributed by atoms with van der Waals surface area (Å²) in [6.45, 7) is 3.21. The summed E-state index contributed by atoms with van der Waals surface area (Å²) in [5, 5.41) is 7.17. The molecule has 2 aliphatic rings. The highest BCUT2D eigenvalue weighted by atomic mass is 16.5. The smallest absolute Gasteiger partial charge is 0.222 e. The maximum atomic E-state index is 5.90. The molecule has 2 aliphatic heterocycles. The summed E-state index contributed by atoms with van der Waals surface area (Å²) in [6, 6.07) is 2.06. The van der Waals surface area contributed by atoms with Crippen molar-refractivity contribution in [1.29, 1.82) is 0 Å². The van der Waals surface area contributed by atoms with Gasteiger partial charge in [0.05, 0.1) is 18.9 Å². The summed E-state index contributed by atoms with van der Waals surface area (Å²) in [4.78, 5) is 11.2. The van der Waals surface area contributed by atoms with Gasteiger partial charge in [-0.1, -0.05) is 0 Å². The van der Waals surface area contributed by atoms with Crippen molar-refractivity contribution in [2.24, 2.45) is 0 Å². The van der Waals surface area contributed by atoms with Crippen molar-refractivity contribution in [2.45, 2.75) is 31.8 Å².